The lowest BCUT2D eigenvalue weighted by Crippen LogP contribution is -2.30. The van der Waals surface area contributed by atoms with E-state index >= 15 is 0 Å². The predicted octanol–water partition coefficient (Wildman–Crippen LogP) is 22.1. The van der Waals surface area contributed by atoms with E-state index in [0.717, 1.165) is 121 Å². The van der Waals surface area contributed by atoms with Crippen LogP contribution in [0.5, 0.6) is 0 Å². The van der Waals surface area contributed by atoms with Crippen molar-refractivity contribution < 1.29 is 80.2 Å². The molecule has 94 heavy (non-hydrogen) atoms. The summed E-state index contributed by atoms with van der Waals surface area (Å²) in [7, 11) is -9.89. The molecule has 0 aromatic carbocycles. The number of unbranched alkanes of at least 4 members (excludes halogenated alkanes) is 47. The number of phosphoric acid groups is 2. The molecule has 0 amide bonds. The zero-order valence-electron chi connectivity index (χ0n) is 61.1. The van der Waals surface area contributed by atoms with E-state index in [1.807, 2.05) is 0 Å². The summed E-state index contributed by atoms with van der Waals surface area (Å²) in [5, 5.41) is 10.6. The molecule has 3 N–H and O–H groups in total. The van der Waals surface area contributed by atoms with Crippen molar-refractivity contribution >= 4 is 39.5 Å². The molecule has 0 aliphatic heterocycles. The lowest BCUT2D eigenvalue weighted by molar-refractivity contribution is -0.161. The molecule has 19 heteroatoms. The van der Waals surface area contributed by atoms with Gasteiger partial charge in [-0.1, -0.05) is 343 Å². The lowest BCUT2D eigenvalue weighted by atomic mass is 10.0. The van der Waals surface area contributed by atoms with E-state index < -0.39 is 97.5 Å². The molecule has 0 rings (SSSR count). The SMILES string of the molecule is CCCCCCCCCCCCCCCCCCCCCC(=O)OC[C@H](COP(=O)(O)OC[C@@H](O)COP(=O)(O)OC[C@@H](COC(=O)CCCCCCCCC)OC(=O)CCCCCCCCC)OC(=O)CCCCCCCCCCCCCCCCCCCCC(C)C. The summed E-state index contributed by atoms with van der Waals surface area (Å²) in [4.78, 5) is 72.4. The topological polar surface area (TPSA) is 237 Å². The molecular formula is C75H146O17P2. The minimum Gasteiger partial charge on any atom is -0.462 e. The van der Waals surface area contributed by atoms with Crippen LogP contribution in [0.1, 0.15) is 394 Å². The Morgan fingerprint density at radius 3 is 0.723 bits per heavy atom. The van der Waals surface area contributed by atoms with Crippen molar-refractivity contribution in [1.29, 1.82) is 0 Å². The quantitative estimate of drug-likeness (QED) is 0.0222. The Labute approximate surface area is 575 Å². The highest BCUT2D eigenvalue weighted by molar-refractivity contribution is 7.47. The van der Waals surface area contributed by atoms with E-state index in [9.17, 15) is 43.2 Å². The summed E-state index contributed by atoms with van der Waals surface area (Å²) in [5.41, 5.74) is 0. The van der Waals surface area contributed by atoms with Gasteiger partial charge < -0.3 is 33.8 Å². The Bertz CT molecular complexity index is 1810. The number of aliphatic hydroxyl groups excluding tert-OH is 1. The molecular weight excluding hydrogens is 1230 g/mol. The van der Waals surface area contributed by atoms with Crippen molar-refractivity contribution in [1.82, 2.24) is 0 Å². The second-order valence-electron chi connectivity index (χ2n) is 27.5. The summed E-state index contributed by atoms with van der Waals surface area (Å²) < 4.78 is 68.2. The highest BCUT2D eigenvalue weighted by atomic mass is 31.2. The molecule has 17 nitrogen and oxygen atoms in total. The van der Waals surface area contributed by atoms with Crippen molar-refractivity contribution in [2.24, 2.45) is 5.92 Å². The van der Waals surface area contributed by atoms with Gasteiger partial charge in [0.15, 0.2) is 12.2 Å². The maximum atomic E-state index is 13.1. The van der Waals surface area contributed by atoms with Crippen LogP contribution in [0.15, 0.2) is 0 Å². The molecule has 2 unspecified atom stereocenters. The standard InChI is InChI=1S/C75H146O17P2/c1-6-9-12-15-18-19-20-21-22-23-24-28-31-34-37-40-45-49-54-59-73(78)86-65-71(92-75(80)61-56-51-46-41-38-35-32-29-26-25-27-30-33-36-39-44-47-52-57-68(4)5)67-90-94(83,84)88-63-69(76)62-87-93(81,82)89-66-70(91-74(79)60-55-50-43-17-14-11-8-3)64-85-72(77)58-53-48-42-16-13-10-7-2/h68-71,76H,6-67H2,1-5H3,(H,81,82)(H,83,84)/t69-,70+,71+/m0/s1. The highest BCUT2D eigenvalue weighted by Gasteiger charge is 2.30. The first-order valence-corrected chi connectivity index (χ1v) is 42.1. The van der Waals surface area contributed by atoms with Crippen molar-refractivity contribution in [3.05, 3.63) is 0 Å². The zero-order valence-corrected chi connectivity index (χ0v) is 62.9. The first kappa shape index (κ1) is 92.1. The van der Waals surface area contributed by atoms with Gasteiger partial charge in [0.25, 0.3) is 0 Å². The van der Waals surface area contributed by atoms with Crippen molar-refractivity contribution in [3.63, 3.8) is 0 Å². The molecule has 0 aliphatic carbocycles. The van der Waals surface area contributed by atoms with Crippen molar-refractivity contribution in [2.45, 2.75) is 412 Å². The Kier molecular flexibility index (Phi) is 66.8. The van der Waals surface area contributed by atoms with Gasteiger partial charge in [-0.05, 0) is 31.6 Å². The second kappa shape index (κ2) is 68.2. The van der Waals surface area contributed by atoms with Gasteiger partial charge in [0, 0.05) is 25.7 Å². The number of hydrogen-bond acceptors (Lipinski definition) is 15. The van der Waals surface area contributed by atoms with Crippen LogP contribution < -0.4 is 0 Å². The van der Waals surface area contributed by atoms with Gasteiger partial charge >= 0.3 is 39.5 Å². The van der Waals surface area contributed by atoms with E-state index in [2.05, 4.69) is 34.6 Å². The largest absolute Gasteiger partial charge is 0.472 e. The third-order valence-electron chi connectivity index (χ3n) is 17.5. The monoisotopic (exact) mass is 1380 g/mol. The van der Waals surface area contributed by atoms with Gasteiger partial charge in [-0.2, -0.15) is 0 Å². The number of carbonyl (C=O) groups excluding carboxylic acids is 4. The Morgan fingerprint density at radius 1 is 0.287 bits per heavy atom. The van der Waals surface area contributed by atoms with E-state index in [4.69, 9.17) is 37.0 Å². The maximum absolute atomic E-state index is 13.1. The van der Waals surface area contributed by atoms with Crippen molar-refractivity contribution in [3.8, 4) is 0 Å². The van der Waals surface area contributed by atoms with Crippen LogP contribution in [0, 0.1) is 5.92 Å². The Balaban J connectivity index is 5.10. The number of esters is 4. The molecule has 0 heterocycles. The van der Waals surface area contributed by atoms with Crippen LogP contribution in [-0.4, -0.2) is 96.7 Å². The average molecular weight is 1380 g/mol. The first-order valence-electron chi connectivity index (χ1n) is 39.1. The third kappa shape index (κ3) is 68.6. The molecule has 0 saturated carbocycles. The van der Waals surface area contributed by atoms with Gasteiger partial charge in [-0.25, -0.2) is 9.13 Å². The molecule has 0 fully saturated rings. The molecule has 0 radical (unpaired) electrons. The predicted molar refractivity (Wildman–Crippen MR) is 382 cm³/mol. The molecule has 558 valence electrons. The van der Waals surface area contributed by atoms with Crippen molar-refractivity contribution in [2.75, 3.05) is 39.6 Å². The summed E-state index contributed by atoms with van der Waals surface area (Å²) in [6.45, 7) is 7.23. The number of ether oxygens (including phenoxy) is 4. The van der Waals surface area contributed by atoms with E-state index in [1.165, 1.54) is 193 Å². The number of hydrogen-bond donors (Lipinski definition) is 3. The molecule has 0 aliphatic rings. The van der Waals surface area contributed by atoms with Crippen LogP contribution in [0.25, 0.3) is 0 Å². The molecule has 0 saturated heterocycles. The number of rotatable bonds is 75. The fourth-order valence-corrected chi connectivity index (χ4v) is 13.1. The number of phosphoric ester groups is 2. The fraction of sp³-hybridized carbons (Fsp3) is 0.947. The molecule has 0 aromatic rings. The summed E-state index contributed by atoms with van der Waals surface area (Å²) in [6.07, 6.45) is 57.4. The summed E-state index contributed by atoms with van der Waals surface area (Å²) in [6, 6.07) is 0. The Hall–Kier alpha value is -1.94. The molecule has 0 bridgehead atoms. The third-order valence-corrected chi connectivity index (χ3v) is 19.4. The van der Waals surface area contributed by atoms with Crippen LogP contribution in [0.2, 0.25) is 0 Å². The summed E-state index contributed by atoms with van der Waals surface area (Å²) in [5.74, 6) is -1.31. The Morgan fingerprint density at radius 2 is 0.489 bits per heavy atom. The minimum absolute atomic E-state index is 0.104. The summed E-state index contributed by atoms with van der Waals surface area (Å²) >= 11 is 0. The van der Waals surface area contributed by atoms with Crippen LogP contribution in [0.3, 0.4) is 0 Å². The van der Waals surface area contributed by atoms with Gasteiger partial charge in [-0.15, -0.1) is 0 Å². The van der Waals surface area contributed by atoms with E-state index in [0.29, 0.717) is 25.7 Å². The molecule has 5 atom stereocenters. The minimum atomic E-state index is -4.95. The van der Waals surface area contributed by atoms with Crippen LogP contribution in [-0.2, 0) is 65.4 Å². The zero-order chi connectivity index (χ0) is 69.1. The highest BCUT2D eigenvalue weighted by Crippen LogP contribution is 2.45. The van der Waals surface area contributed by atoms with Crippen LogP contribution >= 0.6 is 15.6 Å². The second-order valence-corrected chi connectivity index (χ2v) is 30.4. The normalized spacial score (nSPS) is 14.0. The number of aliphatic hydroxyl groups is 1. The smallest absolute Gasteiger partial charge is 0.462 e. The number of carbonyl (C=O) groups is 4. The first-order chi connectivity index (χ1) is 45.5. The van der Waals surface area contributed by atoms with E-state index in [1.54, 1.807) is 0 Å². The average Bonchev–Trinajstić information content (AvgIpc) is 1.25. The van der Waals surface area contributed by atoms with Gasteiger partial charge in [0.05, 0.1) is 26.4 Å². The maximum Gasteiger partial charge on any atom is 0.472 e. The fourth-order valence-electron chi connectivity index (χ4n) is 11.5. The van der Waals surface area contributed by atoms with Gasteiger partial charge in [0.1, 0.15) is 19.3 Å². The van der Waals surface area contributed by atoms with E-state index in [-0.39, 0.29) is 25.7 Å². The van der Waals surface area contributed by atoms with Gasteiger partial charge in [0.2, 0.25) is 0 Å². The van der Waals surface area contributed by atoms with Gasteiger partial charge in [-0.3, -0.25) is 37.3 Å². The molecule has 0 spiro atoms. The van der Waals surface area contributed by atoms with Crippen LogP contribution in [0.4, 0.5) is 0 Å². The lowest BCUT2D eigenvalue weighted by Gasteiger charge is -2.21. The molecule has 0 aromatic heterocycles.